The van der Waals surface area contributed by atoms with E-state index in [2.05, 4.69) is 79.4 Å². The van der Waals surface area contributed by atoms with Crippen molar-refractivity contribution < 1.29 is 4.79 Å². The largest absolute Gasteiger partial charge is 0.348 e. The molecule has 3 rings (SSSR count). The maximum atomic E-state index is 13.1. The van der Waals surface area contributed by atoms with Crippen LogP contribution >= 0.6 is 12.2 Å². The van der Waals surface area contributed by atoms with Gasteiger partial charge in [0.15, 0.2) is 0 Å². The molecule has 2 aliphatic rings. The Labute approximate surface area is 204 Å². The van der Waals surface area contributed by atoms with Crippen molar-refractivity contribution in [2.24, 2.45) is 16.3 Å². The number of hydrogen-bond acceptors (Lipinski definition) is 3. The molecule has 0 saturated carbocycles. The van der Waals surface area contributed by atoms with Crippen LogP contribution in [0.25, 0.3) is 0 Å². The van der Waals surface area contributed by atoms with E-state index in [0.717, 1.165) is 44.1 Å². The lowest BCUT2D eigenvalue weighted by atomic mass is 9.71. The minimum absolute atomic E-state index is 0.0303. The normalized spacial score (nSPS) is 20.8. The molecule has 0 aliphatic heterocycles. The topological polar surface area (TPSA) is 57.2 Å². The maximum absolute atomic E-state index is 13.1. The molecule has 2 aliphatic carbocycles. The molecule has 1 heterocycles. The van der Waals surface area contributed by atoms with Gasteiger partial charge >= 0.3 is 0 Å². The minimum Gasteiger partial charge on any atom is -0.348 e. The number of H-pyrrole nitrogens is 1. The second kappa shape index (κ2) is 11.2. The number of aromatic amines is 1. The summed E-state index contributed by atoms with van der Waals surface area (Å²) in [7, 11) is 0. The monoisotopic (exact) mass is 465 g/mol. The molecule has 0 fully saturated rings. The molecule has 4 nitrogen and oxygen atoms in total. The average molecular weight is 466 g/mol. The summed E-state index contributed by atoms with van der Waals surface area (Å²) in [5.41, 5.74) is 5.03. The van der Waals surface area contributed by atoms with Crippen molar-refractivity contribution >= 4 is 29.5 Å². The Hall–Kier alpha value is -2.27. The number of carbonyl (C=O) groups is 1. The summed E-state index contributed by atoms with van der Waals surface area (Å²) in [6.45, 7) is 10.8. The van der Waals surface area contributed by atoms with Gasteiger partial charge < -0.3 is 10.3 Å². The number of pyridine rings is 1. The van der Waals surface area contributed by atoms with E-state index in [-0.39, 0.29) is 17.4 Å². The number of rotatable bonds is 6. The second-order valence-electron chi connectivity index (χ2n) is 10.4. The first-order valence-electron chi connectivity index (χ1n) is 12.3. The number of nitrogens with one attached hydrogen (secondary N) is 2. The lowest BCUT2D eigenvalue weighted by Crippen LogP contribution is -2.39. The first kappa shape index (κ1) is 25.4. The molecule has 1 amide bonds. The highest BCUT2D eigenvalue weighted by molar-refractivity contribution is 7.71. The van der Waals surface area contributed by atoms with Crippen LogP contribution in [0.1, 0.15) is 78.0 Å². The molecule has 178 valence electrons. The molecule has 1 aromatic heterocycles. The molecule has 0 radical (unpaired) electrons. The molecule has 1 aromatic rings. The lowest BCUT2D eigenvalue weighted by molar-refractivity contribution is -0.115. The lowest BCUT2D eigenvalue weighted by Gasteiger charge is -2.34. The van der Waals surface area contributed by atoms with Crippen molar-refractivity contribution in [3.8, 4) is 0 Å². The van der Waals surface area contributed by atoms with Gasteiger partial charge in [-0.2, -0.15) is 0 Å². The Morgan fingerprint density at radius 1 is 1.30 bits per heavy atom. The highest BCUT2D eigenvalue weighted by Crippen LogP contribution is 2.37. The van der Waals surface area contributed by atoms with Crippen LogP contribution < -0.4 is 5.32 Å². The average Bonchev–Trinajstić information content (AvgIpc) is 2.72. The first-order chi connectivity index (χ1) is 15.7. The Kier molecular flexibility index (Phi) is 8.63. The van der Waals surface area contributed by atoms with E-state index < -0.39 is 0 Å². The summed E-state index contributed by atoms with van der Waals surface area (Å²) < 4.78 is 0.607. The van der Waals surface area contributed by atoms with Crippen molar-refractivity contribution in [3.63, 3.8) is 0 Å². The molecule has 5 heteroatoms. The highest BCUT2D eigenvalue weighted by Gasteiger charge is 2.29. The van der Waals surface area contributed by atoms with Crippen molar-refractivity contribution in [3.05, 3.63) is 57.9 Å². The number of aromatic nitrogens is 1. The molecule has 0 saturated heterocycles. The summed E-state index contributed by atoms with van der Waals surface area (Å²) in [6, 6.07) is 2.06. The molecule has 33 heavy (non-hydrogen) atoms. The molecular weight excluding hydrogens is 426 g/mol. The van der Waals surface area contributed by atoms with Crippen LogP contribution in [-0.4, -0.2) is 22.6 Å². The number of hydrogen-bond donors (Lipinski definition) is 2. The van der Waals surface area contributed by atoms with Gasteiger partial charge in [0.25, 0.3) is 5.91 Å². The zero-order valence-electron chi connectivity index (χ0n) is 20.8. The zero-order chi connectivity index (χ0) is 24.0. The first-order valence-corrected chi connectivity index (χ1v) is 12.7. The van der Waals surface area contributed by atoms with Crippen molar-refractivity contribution in [1.29, 1.82) is 0 Å². The number of aliphatic imine (C=N–C) groups is 1. The highest BCUT2D eigenvalue weighted by atomic mass is 32.1. The van der Waals surface area contributed by atoms with Gasteiger partial charge in [-0.15, -0.1) is 0 Å². The zero-order valence-corrected chi connectivity index (χ0v) is 21.6. The van der Waals surface area contributed by atoms with E-state index >= 15 is 0 Å². The van der Waals surface area contributed by atoms with Gasteiger partial charge in [-0.05, 0) is 74.0 Å². The summed E-state index contributed by atoms with van der Waals surface area (Å²) in [4.78, 5) is 21.1. The van der Waals surface area contributed by atoms with Gasteiger partial charge in [0.2, 0.25) is 0 Å². The molecule has 0 aromatic carbocycles. The third-order valence-corrected chi connectivity index (χ3v) is 7.08. The summed E-state index contributed by atoms with van der Waals surface area (Å²) in [6.07, 6.45) is 17.8. The van der Waals surface area contributed by atoms with Crippen LogP contribution in [0.5, 0.6) is 0 Å². The van der Waals surface area contributed by atoms with Gasteiger partial charge in [-0.3, -0.25) is 4.79 Å². The summed E-state index contributed by atoms with van der Waals surface area (Å²) in [5, 5.41) is 3.20. The molecule has 2 atom stereocenters. The van der Waals surface area contributed by atoms with E-state index in [1.54, 1.807) is 6.92 Å². The Morgan fingerprint density at radius 2 is 2.06 bits per heavy atom. The molecule has 0 spiro atoms. The fourth-order valence-corrected chi connectivity index (χ4v) is 4.82. The number of nitrogens with zero attached hydrogens (tertiary/aromatic N) is 1. The second-order valence-corrected chi connectivity index (χ2v) is 10.8. The number of aryl methyl sites for hydroxylation is 1. The van der Waals surface area contributed by atoms with Gasteiger partial charge in [-0.25, -0.2) is 4.99 Å². The van der Waals surface area contributed by atoms with Crippen LogP contribution in [-0.2, 0) is 17.6 Å². The van der Waals surface area contributed by atoms with Gasteiger partial charge in [0.1, 0.15) is 10.4 Å². The number of allylic oxidation sites excluding steroid dienone is 4. The number of amides is 1. The predicted molar refractivity (Wildman–Crippen MR) is 142 cm³/mol. The third kappa shape index (κ3) is 6.86. The fraction of sp³-hybridized carbons (Fsp3) is 0.536. The third-order valence-electron chi connectivity index (χ3n) is 6.77. The number of carbonyl (C=O) groups excluding carboxylic acids is 1. The van der Waals surface area contributed by atoms with Crippen molar-refractivity contribution in [2.45, 2.75) is 85.6 Å². The standard InChI is InChI=1S/C28H39N3OS/c1-6-12-23(20-13-10-8-7-9-11-14-20)30-26(32)19(2)29-25-18-21-17-22(28(3,4)5)15-16-24(21)31-27(25)33/h8,10-11,13-14,18,22-23H,6-7,9,12,15-17H2,1-5H3,(H,30,32)(H,31,33)/b10-8-,14-11?,20-13?,29-19?/t22-,23?/m0/s1. The Bertz CT molecular complexity index is 1040. The summed E-state index contributed by atoms with van der Waals surface area (Å²) >= 11 is 5.58. The van der Waals surface area contributed by atoms with Crippen molar-refractivity contribution in [2.75, 3.05) is 0 Å². The Balaban J connectivity index is 1.80. The molecular formula is C28H39N3OS. The van der Waals surface area contributed by atoms with Crippen LogP contribution in [0.4, 0.5) is 5.69 Å². The quantitative estimate of drug-likeness (QED) is 0.347. The Morgan fingerprint density at radius 3 is 2.79 bits per heavy atom. The van der Waals surface area contributed by atoms with E-state index in [4.69, 9.17) is 12.2 Å². The molecule has 0 bridgehead atoms. The molecule has 1 unspecified atom stereocenters. The van der Waals surface area contributed by atoms with Gasteiger partial charge in [0, 0.05) is 5.69 Å². The SMILES string of the molecule is CCCC(NC(=O)C(C)=Nc1cc2c([nH]c1=S)CC[C@H](C(C)(C)C)C2)C1=C/C=C\CCC=C1. The van der Waals surface area contributed by atoms with Gasteiger partial charge in [-0.1, -0.05) is 76.7 Å². The number of fused-ring (bicyclic) bond motifs is 1. The van der Waals surface area contributed by atoms with Crippen LogP contribution in [0, 0.1) is 16.0 Å². The summed E-state index contributed by atoms with van der Waals surface area (Å²) in [5.74, 6) is 0.484. The fourth-order valence-electron chi connectivity index (χ4n) is 4.59. The minimum atomic E-state index is -0.145. The smallest absolute Gasteiger partial charge is 0.265 e. The molecule has 2 N–H and O–H groups in total. The van der Waals surface area contributed by atoms with Gasteiger partial charge in [0.05, 0.1) is 11.7 Å². The van der Waals surface area contributed by atoms with E-state index in [1.165, 1.54) is 17.7 Å². The van der Waals surface area contributed by atoms with Crippen LogP contribution in [0.2, 0.25) is 0 Å². The van der Waals surface area contributed by atoms with Crippen LogP contribution in [0.3, 0.4) is 0 Å². The van der Waals surface area contributed by atoms with E-state index in [9.17, 15) is 4.79 Å². The maximum Gasteiger partial charge on any atom is 0.265 e. The predicted octanol–water partition coefficient (Wildman–Crippen LogP) is 7.11. The van der Waals surface area contributed by atoms with E-state index in [1.807, 2.05) is 0 Å². The van der Waals surface area contributed by atoms with Crippen molar-refractivity contribution in [1.82, 2.24) is 10.3 Å². The van der Waals surface area contributed by atoms with E-state index in [0.29, 0.717) is 22.0 Å². The van der Waals surface area contributed by atoms with Crippen LogP contribution in [0.15, 0.2) is 47.0 Å².